The molecule has 4 heterocycles. The van der Waals surface area contributed by atoms with E-state index in [1.54, 1.807) is 104 Å². The predicted molar refractivity (Wildman–Crippen MR) is 413 cm³/mol. The summed E-state index contributed by atoms with van der Waals surface area (Å²) in [5.41, 5.74) is 4.25. The fourth-order valence-corrected chi connectivity index (χ4v) is 15.2. The first-order valence-electron chi connectivity index (χ1n) is 31.7. The molecular weight excluding hydrogens is 1550 g/mol. The number of carbonyl (C=O) groups is 6. The van der Waals surface area contributed by atoms with Gasteiger partial charge in [-0.15, -0.1) is 0 Å². The molecule has 111 heavy (non-hydrogen) atoms. The van der Waals surface area contributed by atoms with Gasteiger partial charge in [0.2, 0.25) is 0 Å². The number of carbonyl (C=O) groups excluding carboxylic acids is 2. The van der Waals surface area contributed by atoms with Gasteiger partial charge in [0.15, 0.2) is 12.6 Å². The van der Waals surface area contributed by atoms with Crippen LogP contribution in [0.15, 0.2) is 220 Å². The number of halogens is 1. The molecule has 4 aromatic heterocycles. The molecule has 0 unspecified atom stereocenters. The number of nitrogens with one attached hydrogen (secondary N) is 1. The first-order valence-corrected chi connectivity index (χ1v) is 38.3. The zero-order valence-corrected chi connectivity index (χ0v) is 63.6. The number of carboxylic acids is 4. The Morgan fingerprint density at radius 1 is 0.396 bits per heavy atom. The lowest BCUT2D eigenvalue weighted by Gasteiger charge is -2.09. The van der Waals surface area contributed by atoms with Gasteiger partial charge in [-0.2, -0.15) is 0 Å². The maximum atomic E-state index is 13.1. The van der Waals surface area contributed by atoms with E-state index in [0.29, 0.717) is 95.9 Å². The summed E-state index contributed by atoms with van der Waals surface area (Å²) < 4.78 is 144. The van der Waals surface area contributed by atoms with Crippen LogP contribution in [0.25, 0.3) is 49.7 Å². The first kappa shape index (κ1) is 87.3. The van der Waals surface area contributed by atoms with Gasteiger partial charge >= 0.3 is 23.9 Å². The molecule has 0 aliphatic rings. The van der Waals surface area contributed by atoms with E-state index >= 15 is 0 Å². The van der Waals surface area contributed by atoms with Crippen LogP contribution in [-0.4, -0.2) is 164 Å². The van der Waals surface area contributed by atoms with Gasteiger partial charge in [-0.1, -0.05) is 7.43 Å². The Morgan fingerprint density at radius 3 is 1.05 bits per heavy atom. The summed E-state index contributed by atoms with van der Waals surface area (Å²) >= 11 is 0. The first-order chi connectivity index (χ1) is 52.2. The van der Waals surface area contributed by atoms with Crippen LogP contribution in [0.3, 0.4) is 0 Å². The highest BCUT2D eigenvalue weighted by molar-refractivity contribution is 8.13. The molecule has 0 saturated heterocycles. The summed E-state index contributed by atoms with van der Waals surface area (Å²) in [6, 6.07) is 44.5. The average Bonchev–Trinajstić information content (AvgIpc) is 1.63. The molecule has 0 fully saturated rings. The molecule has 0 atom stereocenters. The number of fused-ring (bicyclic) bond motifs is 4. The molecule has 12 rings (SSSR count). The van der Waals surface area contributed by atoms with Crippen molar-refractivity contribution in [2.75, 3.05) is 56.9 Å². The lowest BCUT2D eigenvalue weighted by molar-refractivity contribution is -0.147. The number of rotatable bonds is 24. The Hall–Kier alpha value is -12.6. The topological polar surface area (TPSA) is 424 Å². The molecule has 0 radical (unpaired) electrons. The summed E-state index contributed by atoms with van der Waals surface area (Å²) in [6.45, 7) is 0. The number of methoxy groups -OCH3 is 8. The van der Waals surface area contributed by atoms with Crippen molar-refractivity contribution in [1.29, 1.82) is 0 Å². The Bertz CT molecular complexity index is 5810. The van der Waals surface area contributed by atoms with Crippen molar-refractivity contribution >= 4 is 136 Å². The number of hydrogen-bond acceptors (Lipinski definition) is 22. The monoisotopic (exact) mass is 1620 g/mol. The van der Waals surface area contributed by atoms with Crippen LogP contribution in [0, 0.1) is 0 Å². The maximum Gasteiger partial charge on any atom is 0.328 e. The average molecular weight is 1620 g/mol. The van der Waals surface area contributed by atoms with Crippen molar-refractivity contribution in [3.63, 3.8) is 0 Å². The Kier molecular flexibility index (Phi) is 30.6. The molecule has 586 valence electrons. The summed E-state index contributed by atoms with van der Waals surface area (Å²) in [4.78, 5) is 66.0. The summed E-state index contributed by atoms with van der Waals surface area (Å²) in [6.07, 6.45) is 8.95. The second-order valence-corrected chi connectivity index (χ2v) is 30.4. The largest absolute Gasteiger partial charge is 0.497 e. The van der Waals surface area contributed by atoms with Gasteiger partial charge in [0.05, 0.1) is 93.0 Å². The number of hydrogen-bond donors (Lipinski definition) is 5. The second-order valence-electron chi connectivity index (χ2n) is 22.4. The van der Waals surface area contributed by atoms with Crippen LogP contribution in [0.5, 0.6) is 46.0 Å². The lowest BCUT2D eigenvalue weighted by atomic mass is 10.1. The van der Waals surface area contributed by atoms with E-state index in [4.69, 9.17) is 69.0 Å². The number of aliphatic carboxylic acids is 4. The molecule has 8 aromatic carbocycles. The number of H-pyrrole nitrogens is 1. The number of nitrogens with zero attached hydrogens (tertiary/aromatic N) is 3. The molecule has 5 N–H and O–H groups in total. The van der Waals surface area contributed by atoms with Crippen molar-refractivity contribution in [2.24, 2.45) is 0 Å². The lowest BCUT2D eigenvalue weighted by Crippen LogP contribution is -2.11. The molecule has 0 aliphatic carbocycles. The zero-order chi connectivity index (χ0) is 80.8. The van der Waals surface area contributed by atoms with Gasteiger partial charge in [-0.3, -0.25) is 24.0 Å². The Morgan fingerprint density at radius 2 is 0.712 bits per heavy atom. The minimum atomic E-state index is -3.89. The number of aromatic amines is 1. The van der Waals surface area contributed by atoms with Crippen LogP contribution < -0.4 is 37.9 Å². The predicted octanol–water partition coefficient (Wildman–Crippen LogP) is 12.4. The third kappa shape index (κ3) is 22.1. The molecule has 0 spiro atoms. The summed E-state index contributed by atoms with van der Waals surface area (Å²) in [5, 5.41) is 35.9. The Labute approximate surface area is 641 Å². The van der Waals surface area contributed by atoms with E-state index in [-0.39, 0.29) is 45.4 Å². The molecule has 0 bridgehead atoms. The third-order valence-electron chi connectivity index (χ3n) is 15.8. The molecule has 0 saturated carbocycles. The molecule has 12 aromatic rings. The summed E-state index contributed by atoms with van der Waals surface area (Å²) in [5.74, 6) is -0.0391. The van der Waals surface area contributed by atoms with Gasteiger partial charge in [-0.25, -0.2) is 50.4 Å². The van der Waals surface area contributed by atoms with Crippen LogP contribution in [0.2, 0.25) is 0 Å². The fraction of sp³-hybridized carbons (Fsp3) is 0.158. The van der Waals surface area contributed by atoms with Gasteiger partial charge in [0.25, 0.3) is 39.1 Å². The highest BCUT2D eigenvalue weighted by Crippen LogP contribution is 2.34. The van der Waals surface area contributed by atoms with Gasteiger partial charge in [0.1, 0.15) is 52.4 Å². The standard InChI is InChI=1S/C19H19NO6S.C19H17NO6S.C17H15NO5S.C10H9NO2.C7H7ClO3S.C3H4O4.CH4/c2*1-25-14-4-7-16(8-5-14)27(23,24)20-12-13(3-10-19(21)22)17-11-15(26-2)6-9-18(17)20;1-22-13-3-6-15(7-4-13)24(20,21)18-10-12(11-19)16-9-14(23-2)5-8-17(16)18;1-13-8-2-3-10-9(4-8)7(6-12)5-11-10;1-11-6-2-4-7(5-3-6)12(8,9)10;4-2(5)1-3(6)7;/h4-9,11-12H,3,10H2,1-2H3,(H,21,22);3-12H,1-2H3,(H,21,22);3-11H,1-2H3;2-6,11H,1H3;2-5H,1H3;1H2,(H,4,5)(H,6,7);1H4/b;10-3+;;;;;. The molecular formula is C76H75ClN4O26S4. The maximum absolute atomic E-state index is 13.1. The zero-order valence-electron chi connectivity index (χ0n) is 59.5. The van der Waals surface area contributed by atoms with Crippen molar-refractivity contribution in [1.82, 2.24) is 16.9 Å². The number of benzene rings is 8. The second kappa shape index (κ2) is 39.0. The van der Waals surface area contributed by atoms with Crippen LogP contribution >= 0.6 is 10.7 Å². The van der Waals surface area contributed by atoms with Gasteiger partial charge < -0.3 is 63.3 Å². The van der Waals surface area contributed by atoms with E-state index in [1.807, 2.05) is 18.2 Å². The molecule has 0 amide bonds. The smallest absolute Gasteiger partial charge is 0.328 e. The van der Waals surface area contributed by atoms with E-state index in [1.165, 1.54) is 139 Å². The number of ether oxygens (including phenoxy) is 8. The van der Waals surface area contributed by atoms with E-state index < -0.39 is 69.4 Å². The van der Waals surface area contributed by atoms with E-state index in [9.17, 15) is 62.4 Å². The van der Waals surface area contributed by atoms with E-state index in [2.05, 4.69) is 4.98 Å². The number of aldehydes is 2. The number of aromatic nitrogens is 4. The minimum absolute atomic E-state index is 0. The number of aryl methyl sites for hydroxylation is 1. The van der Waals surface area contributed by atoms with Crippen LogP contribution in [-0.2, 0) is 64.7 Å². The van der Waals surface area contributed by atoms with Crippen LogP contribution in [0.1, 0.15) is 52.1 Å². The van der Waals surface area contributed by atoms with Crippen molar-refractivity contribution in [2.45, 2.75) is 46.3 Å². The summed E-state index contributed by atoms with van der Waals surface area (Å²) in [7, 11) is 2.03. The minimum Gasteiger partial charge on any atom is -0.497 e. The van der Waals surface area contributed by atoms with Crippen molar-refractivity contribution in [3.8, 4) is 46.0 Å². The van der Waals surface area contributed by atoms with Crippen molar-refractivity contribution < 1.29 is 121 Å². The van der Waals surface area contributed by atoms with Crippen molar-refractivity contribution in [3.05, 3.63) is 223 Å². The Balaban J connectivity index is 0.000000217. The molecule has 30 nitrogen and oxygen atoms in total. The van der Waals surface area contributed by atoms with Crippen LogP contribution in [0.4, 0.5) is 0 Å². The normalized spacial score (nSPS) is 11.0. The SMILES string of the molecule is C.COc1ccc(S(=O)(=O)Cl)cc1.COc1ccc(S(=O)(=O)n2cc(/C=C/C(=O)O)c3cc(OC)ccc32)cc1.COc1ccc(S(=O)(=O)n2cc(C=O)c3cc(OC)ccc32)cc1.COc1ccc(S(=O)(=O)n2cc(CCC(=O)O)c3cc(OC)ccc32)cc1.COc1ccc2[nH]cc(C=O)c2c1.O=C(O)CC(=O)O. The molecule has 35 heteroatoms. The molecule has 0 aliphatic heterocycles. The highest BCUT2D eigenvalue weighted by atomic mass is 35.7. The van der Waals surface area contributed by atoms with Gasteiger partial charge in [0, 0.05) is 91.7 Å². The third-order valence-corrected chi connectivity index (χ3v) is 22.2. The fourth-order valence-electron chi connectivity index (χ4n) is 10.3. The number of carboxylic acid groups (broad SMARTS) is 4. The highest BCUT2D eigenvalue weighted by Gasteiger charge is 2.26. The quantitative estimate of drug-likeness (QED) is 0.0162. The van der Waals surface area contributed by atoms with E-state index in [0.717, 1.165) is 37.0 Å². The van der Waals surface area contributed by atoms with Gasteiger partial charge in [-0.05, 0) is 188 Å².